The maximum Gasteiger partial charge on any atom is 0.338 e. The molecule has 0 bridgehead atoms. The predicted molar refractivity (Wildman–Crippen MR) is 84.4 cm³/mol. The Morgan fingerprint density at radius 1 is 1.41 bits per heavy atom. The van der Waals surface area contributed by atoms with Gasteiger partial charge in [-0.25, -0.2) is 9.59 Å². The molecule has 1 aromatic rings. The first-order chi connectivity index (χ1) is 10.4. The predicted octanol–water partition coefficient (Wildman–Crippen LogP) is 3.31. The highest BCUT2D eigenvalue weighted by Gasteiger charge is 2.33. The highest BCUT2D eigenvalue weighted by atomic mass is 35.5. The van der Waals surface area contributed by atoms with Crippen molar-refractivity contribution in [3.05, 3.63) is 46.1 Å². The van der Waals surface area contributed by atoms with E-state index in [0.29, 0.717) is 28.3 Å². The third kappa shape index (κ3) is 3.42. The van der Waals surface area contributed by atoms with Gasteiger partial charge in [0.1, 0.15) is 0 Å². The molecule has 22 heavy (non-hydrogen) atoms. The van der Waals surface area contributed by atoms with Gasteiger partial charge in [0.25, 0.3) is 0 Å². The molecule has 0 spiro atoms. The number of hydrogen-bond acceptors (Lipinski definition) is 3. The smallest absolute Gasteiger partial charge is 0.338 e. The van der Waals surface area contributed by atoms with Crippen molar-refractivity contribution >= 4 is 23.6 Å². The summed E-state index contributed by atoms with van der Waals surface area (Å²) < 4.78 is 5.41. The summed E-state index contributed by atoms with van der Waals surface area (Å²) in [5.74, 6) is -0.454. The van der Waals surface area contributed by atoms with E-state index in [2.05, 4.69) is 10.6 Å². The molecule has 0 saturated heterocycles. The van der Waals surface area contributed by atoms with Gasteiger partial charge in [-0.15, -0.1) is 0 Å². The lowest BCUT2D eigenvalue weighted by Gasteiger charge is -2.29. The number of carbonyl (C=O) groups excluding carboxylic acids is 2. The molecule has 2 N–H and O–H groups in total. The van der Waals surface area contributed by atoms with Crippen molar-refractivity contribution in [1.29, 1.82) is 0 Å². The first-order valence-corrected chi connectivity index (χ1v) is 7.55. The van der Waals surface area contributed by atoms with E-state index in [9.17, 15) is 9.59 Å². The van der Waals surface area contributed by atoms with Crippen molar-refractivity contribution in [3.8, 4) is 0 Å². The minimum Gasteiger partial charge on any atom is -0.459 e. The Kier molecular flexibility index (Phi) is 5.08. The molecule has 0 saturated carbocycles. The number of benzene rings is 1. The van der Waals surface area contributed by atoms with E-state index in [1.54, 1.807) is 25.1 Å². The van der Waals surface area contributed by atoms with Crippen LogP contribution in [-0.2, 0) is 9.53 Å². The van der Waals surface area contributed by atoms with Crippen LogP contribution in [0.4, 0.5) is 4.79 Å². The zero-order chi connectivity index (χ0) is 16.3. The molecule has 0 fully saturated rings. The summed E-state index contributed by atoms with van der Waals surface area (Å²) in [6, 6.07) is 6.10. The van der Waals surface area contributed by atoms with E-state index in [0.717, 1.165) is 0 Å². The molecule has 1 aliphatic heterocycles. The van der Waals surface area contributed by atoms with Crippen LogP contribution in [-0.4, -0.2) is 18.1 Å². The lowest BCUT2D eigenvalue weighted by molar-refractivity contribution is -0.144. The van der Waals surface area contributed by atoms with Crippen LogP contribution in [0.15, 0.2) is 35.5 Å². The molecule has 1 aromatic carbocycles. The largest absolute Gasteiger partial charge is 0.459 e. The minimum absolute atomic E-state index is 0.197. The third-order valence-corrected chi connectivity index (χ3v) is 3.93. The first kappa shape index (κ1) is 16.4. The SMILES string of the molecule is CC[C@@H](C)OC(=O)C1=C(C)NC(=O)N[C@@H]1c1ccccc1Cl. The van der Waals surface area contributed by atoms with Gasteiger partial charge in [0, 0.05) is 10.7 Å². The van der Waals surface area contributed by atoms with E-state index >= 15 is 0 Å². The molecule has 0 radical (unpaired) electrons. The van der Waals surface area contributed by atoms with Gasteiger partial charge in [-0.05, 0) is 31.9 Å². The van der Waals surface area contributed by atoms with E-state index in [4.69, 9.17) is 16.3 Å². The minimum atomic E-state index is -0.626. The number of allylic oxidation sites excluding steroid dienone is 1. The average Bonchev–Trinajstić information content (AvgIpc) is 2.46. The Hall–Kier alpha value is -2.01. The third-order valence-electron chi connectivity index (χ3n) is 3.59. The molecule has 2 rings (SSSR count). The van der Waals surface area contributed by atoms with E-state index in [1.807, 2.05) is 19.9 Å². The van der Waals surface area contributed by atoms with Crippen LogP contribution in [0.3, 0.4) is 0 Å². The molecule has 0 aromatic heterocycles. The highest BCUT2D eigenvalue weighted by molar-refractivity contribution is 6.31. The zero-order valence-corrected chi connectivity index (χ0v) is 13.5. The van der Waals surface area contributed by atoms with Gasteiger partial charge in [-0.2, -0.15) is 0 Å². The summed E-state index contributed by atoms with van der Waals surface area (Å²) in [5, 5.41) is 5.82. The Morgan fingerprint density at radius 3 is 2.73 bits per heavy atom. The van der Waals surface area contributed by atoms with Crippen molar-refractivity contribution in [2.24, 2.45) is 0 Å². The van der Waals surface area contributed by atoms with Gasteiger partial charge < -0.3 is 15.4 Å². The molecule has 1 heterocycles. The van der Waals surface area contributed by atoms with Gasteiger partial charge in [0.15, 0.2) is 0 Å². The normalized spacial score (nSPS) is 19.3. The van der Waals surface area contributed by atoms with Crippen LogP contribution in [0.5, 0.6) is 0 Å². The maximum absolute atomic E-state index is 12.5. The lowest BCUT2D eigenvalue weighted by Crippen LogP contribution is -2.45. The molecular weight excluding hydrogens is 304 g/mol. The number of carbonyl (C=O) groups is 2. The van der Waals surface area contributed by atoms with Crippen LogP contribution < -0.4 is 10.6 Å². The van der Waals surface area contributed by atoms with Crippen LogP contribution in [0.25, 0.3) is 0 Å². The summed E-state index contributed by atoms with van der Waals surface area (Å²) in [5.41, 5.74) is 1.50. The van der Waals surface area contributed by atoms with Gasteiger partial charge >= 0.3 is 12.0 Å². The summed E-state index contributed by atoms with van der Waals surface area (Å²) >= 11 is 6.21. The Morgan fingerprint density at radius 2 is 2.09 bits per heavy atom. The number of amides is 2. The standard InChI is InChI=1S/C16H19ClN2O3/c1-4-9(2)22-15(20)13-10(3)18-16(21)19-14(13)11-7-5-6-8-12(11)17/h5-9,14H,4H2,1-3H3,(H2,18,19,21)/t9-,14-/m1/s1. The van der Waals surface area contributed by atoms with Gasteiger partial charge in [-0.3, -0.25) is 0 Å². The summed E-state index contributed by atoms with van der Waals surface area (Å²) in [6.45, 7) is 5.44. The molecule has 0 unspecified atom stereocenters. The van der Waals surface area contributed by atoms with Crippen LogP contribution in [0, 0.1) is 0 Å². The fourth-order valence-corrected chi connectivity index (χ4v) is 2.48. The van der Waals surface area contributed by atoms with Crippen LogP contribution in [0.2, 0.25) is 5.02 Å². The Labute approximate surface area is 134 Å². The fourth-order valence-electron chi connectivity index (χ4n) is 2.24. The second-order valence-corrected chi connectivity index (χ2v) is 5.62. The Bertz CT molecular complexity index is 628. The number of hydrogen-bond donors (Lipinski definition) is 2. The van der Waals surface area contributed by atoms with Crippen molar-refractivity contribution in [3.63, 3.8) is 0 Å². The molecule has 5 nitrogen and oxygen atoms in total. The Balaban J connectivity index is 2.41. The van der Waals surface area contributed by atoms with Gasteiger partial charge in [0.05, 0.1) is 17.7 Å². The first-order valence-electron chi connectivity index (χ1n) is 7.17. The monoisotopic (exact) mass is 322 g/mol. The molecule has 118 valence electrons. The molecule has 2 atom stereocenters. The summed E-state index contributed by atoms with van der Waals surface area (Å²) in [4.78, 5) is 24.2. The highest BCUT2D eigenvalue weighted by Crippen LogP contribution is 2.32. The number of urea groups is 1. The number of rotatable bonds is 4. The average molecular weight is 323 g/mol. The maximum atomic E-state index is 12.5. The topological polar surface area (TPSA) is 67.4 Å². The summed E-state index contributed by atoms with van der Waals surface area (Å²) in [7, 11) is 0. The second-order valence-electron chi connectivity index (χ2n) is 5.22. The van der Waals surface area contributed by atoms with Crippen molar-refractivity contribution in [1.82, 2.24) is 10.6 Å². The van der Waals surface area contributed by atoms with E-state index < -0.39 is 12.0 Å². The van der Waals surface area contributed by atoms with Crippen molar-refractivity contribution in [2.75, 3.05) is 0 Å². The van der Waals surface area contributed by atoms with E-state index in [1.165, 1.54) is 0 Å². The zero-order valence-electron chi connectivity index (χ0n) is 12.8. The van der Waals surface area contributed by atoms with Crippen molar-refractivity contribution < 1.29 is 14.3 Å². The quantitative estimate of drug-likeness (QED) is 0.836. The molecular formula is C16H19ClN2O3. The molecule has 2 amide bonds. The number of nitrogens with one attached hydrogen (secondary N) is 2. The lowest BCUT2D eigenvalue weighted by atomic mass is 9.95. The summed E-state index contributed by atoms with van der Waals surface area (Å²) in [6.07, 6.45) is 0.520. The number of ether oxygens (including phenoxy) is 1. The van der Waals surface area contributed by atoms with Crippen molar-refractivity contribution in [2.45, 2.75) is 39.3 Å². The van der Waals surface area contributed by atoms with Gasteiger partial charge in [0.2, 0.25) is 0 Å². The van der Waals surface area contributed by atoms with Crippen LogP contribution >= 0.6 is 11.6 Å². The fraction of sp³-hybridized carbons (Fsp3) is 0.375. The van der Waals surface area contributed by atoms with E-state index in [-0.39, 0.29) is 12.1 Å². The number of halogens is 1. The molecule has 6 heteroatoms. The number of esters is 1. The van der Waals surface area contributed by atoms with Gasteiger partial charge in [-0.1, -0.05) is 36.7 Å². The van der Waals surface area contributed by atoms with Crippen LogP contribution in [0.1, 0.15) is 38.8 Å². The molecule has 0 aliphatic carbocycles. The second kappa shape index (κ2) is 6.83. The molecule has 1 aliphatic rings.